The third-order valence-electron chi connectivity index (χ3n) is 5.31. The monoisotopic (exact) mass is 407 g/mol. The van der Waals surface area contributed by atoms with Crippen LogP contribution in [0.15, 0.2) is 48.5 Å². The zero-order valence-electron chi connectivity index (χ0n) is 17.6. The van der Waals surface area contributed by atoms with Gasteiger partial charge in [-0.05, 0) is 35.7 Å². The minimum absolute atomic E-state index is 0.0429. The molecule has 1 N–H and O–H groups in total. The molecule has 1 saturated heterocycles. The average Bonchev–Trinajstić information content (AvgIpc) is 3.15. The Kier molecular flexibility index (Phi) is 6.40. The van der Waals surface area contributed by atoms with Crippen LogP contribution in [0, 0.1) is 5.92 Å². The number of carbonyl (C=O) groups is 1. The summed E-state index contributed by atoms with van der Waals surface area (Å²) in [4.78, 5) is 15.0. The van der Waals surface area contributed by atoms with Crippen LogP contribution in [0.25, 0.3) is 11.0 Å². The Hall–Kier alpha value is -2.77. The molecular weight excluding hydrogens is 378 g/mol. The topological polar surface area (TPSA) is 72.3 Å². The number of nitrogens with zero attached hydrogens (tertiary/aromatic N) is 4. The molecule has 0 bridgehead atoms. The van der Waals surface area contributed by atoms with Gasteiger partial charge in [0.1, 0.15) is 5.52 Å². The van der Waals surface area contributed by atoms with Crippen LogP contribution in [-0.4, -0.2) is 64.7 Å². The normalized spacial score (nSPS) is 17.5. The number of carbonyl (C=O) groups excluding carboxylic acids is 1. The van der Waals surface area contributed by atoms with Gasteiger partial charge in [-0.15, -0.1) is 5.10 Å². The highest BCUT2D eigenvalue weighted by Crippen LogP contribution is 2.13. The van der Waals surface area contributed by atoms with Gasteiger partial charge in [-0.3, -0.25) is 9.69 Å². The predicted octanol–water partition coefficient (Wildman–Crippen LogP) is 2.57. The first-order valence-corrected chi connectivity index (χ1v) is 10.6. The van der Waals surface area contributed by atoms with Crippen LogP contribution in [0.3, 0.4) is 0 Å². The van der Waals surface area contributed by atoms with E-state index in [1.807, 2.05) is 53.2 Å². The van der Waals surface area contributed by atoms with E-state index < -0.39 is 0 Å². The van der Waals surface area contributed by atoms with Crippen molar-refractivity contribution < 1.29 is 9.53 Å². The average molecular weight is 408 g/mol. The van der Waals surface area contributed by atoms with Gasteiger partial charge in [-0.25, -0.2) is 4.68 Å². The van der Waals surface area contributed by atoms with E-state index in [0.717, 1.165) is 42.8 Å². The summed E-state index contributed by atoms with van der Waals surface area (Å²) in [5, 5.41) is 11.4. The molecule has 1 aliphatic rings. The van der Waals surface area contributed by atoms with Crippen LogP contribution >= 0.6 is 0 Å². The minimum atomic E-state index is -0.0719. The first-order valence-electron chi connectivity index (χ1n) is 10.6. The summed E-state index contributed by atoms with van der Waals surface area (Å²) in [6.45, 7) is 9.20. The summed E-state index contributed by atoms with van der Waals surface area (Å²) >= 11 is 0. The number of nitrogens with one attached hydrogen (secondary N) is 1. The molecule has 2 heterocycles. The third-order valence-corrected chi connectivity index (χ3v) is 5.31. The number of morpholine rings is 1. The quantitative estimate of drug-likeness (QED) is 0.652. The maximum absolute atomic E-state index is 12.5. The Labute approximate surface area is 177 Å². The second kappa shape index (κ2) is 9.36. The molecule has 0 unspecified atom stereocenters. The molecule has 1 amide bonds. The number of ether oxygens (including phenoxy) is 1. The number of benzene rings is 2. The molecule has 4 rings (SSSR count). The molecule has 1 aromatic heterocycles. The van der Waals surface area contributed by atoms with E-state index in [1.54, 1.807) is 0 Å². The van der Waals surface area contributed by atoms with Crippen LogP contribution in [0.5, 0.6) is 0 Å². The summed E-state index contributed by atoms with van der Waals surface area (Å²) in [7, 11) is 0. The van der Waals surface area contributed by atoms with Crippen molar-refractivity contribution in [3.8, 4) is 0 Å². The Balaban J connectivity index is 1.31. The maximum atomic E-state index is 12.5. The van der Waals surface area contributed by atoms with Crippen LogP contribution in [0.2, 0.25) is 0 Å². The Morgan fingerprint density at radius 3 is 2.80 bits per heavy atom. The van der Waals surface area contributed by atoms with Gasteiger partial charge >= 0.3 is 0 Å². The first kappa shape index (κ1) is 20.5. The van der Waals surface area contributed by atoms with Crippen molar-refractivity contribution in [3.05, 3.63) is 59.7 Å². The van der Waals surface area contributed by atoms with Crippen molar-refractivity contribution in [3.63, 3.8) is 0 Å². The molecule has 0 spiro atoms. The second-order valence-corrected chi connectivity index (χ2v) is 8.29. The Morgan fingerprint density at radius 2 is 2.00 bits per heavy atom. The molecule has 7 heteroatoms. The number of amides is 1. The second-order valence-electron chi connectivity index (χ2n) is 8.29. The van der Waals surface area contributed by atoms with Gasteiger partial charge in [0.2, 0.25) is 0 Å². The largest absolute Gasteiger partial charge is 0.374 e. The van der Waals surface area contributed by atoms with Gasteiger partial charge in [0.15, 0.2) is 0 Å². The van der Waals surface area contributed by atoms with Crippen molar-refractivity contribution in [1.82, 2.24) is 25.2 Å². The van der Waals surface area contributed by atoms with Crippen LogP contribution < -0.4 is 5.32 Å². The molecule has 30 heavy (non-hydrogen) atoms. The standard InChI is InChI=1S/C23H29N5O2/c1-17(2)14-27-11-12-30-20(16-27)13-24-23(29)19-9-7-18(8-10-19)15-28-22-6-4-3-5-21(22)25-26-28/h3-10,17,20H,11-16H2,1-2H3,(H,24,29)/t20-/m1/s1. The predicted molar refractivity (Wildman–Crippen MR) is 116 cm³/mol. The van der Waals surface area contributed by atoms with Crippen molar-refractivity contribution in [1.29, 1.82) is 0 Å². The van der Waals surface area contributed by atoms with E-state index in [2.05, 4.69) is 34.4 Å². The zero-order valence-corrected chi connectivity index (χ0v) is 17.6. The van der Waals surface area contributed by atoms with E-state index in [0.29, 0.717) is 24.6 Å². The number of fused-ring (bicyclic) bond motifs is 1. The molecule has 1 atom stereocenters. The first-order chi connectivity index (χ1) is 14.6. The van der Waals surface area contributed by atoms with Crippen molar-refractivity contribution in [2.24, 2.45) is 5.92 Å². The fraction of sp³-hybridized carbons (Fsp3) is 0.435. The molecule has 158 valence electrons. The highest BCUT2D eigenvalue weighted by atomic mass is 16.5. The zero-order chi connectivity index (χ0) is 20.9. The van der Waals surface area contributed by atoms with Crippen molar-refractivity contribution in [2.45, 2.75) is 26.5 Å². The molecule has 0 aliphatic carbocycles. The molecule has 3 aromatic rings. The molecule has 1 fully saturated rings. The number of hydrogen-bond acceptors (Lipinski definition) is 5. The van der Waals surface area contributed by atoms with Crippen LogP contribution in [0.1, 0.15) is 29.8 Å². The van der Waals surface area contributed by atoms with Crippen LogP contribution in [0.4, 0.5) is 0 Å². The lowest BCUT2D eigenvalue weighted by atomic mass is 10.1. The SMILES string of the molecule is CC(C)CN1CCO[C@H](CNC(=O)c2ccc(Cn3nnc4ccccc43)cc2)C1. The third kappa shape index (κ3) is 5.04. The van der Waals surface area contributed by atoms with Gasteiger partial charge in [0, 0.05) is 31.7 Å². The van der Waals surface area contributed by atoms with E-state index in [1.165, 1.54) is 0 Å². The van der Waals surface area contributed by atoms with Crippen molar-refractivity contribution in [2.75, 3.05) is 32.8 Å². The lowest BCUT2D eigenvalue weighted by molar-refractivity contribution is -0.0295. The number of para-hydroxylation sites is 1. The fourth-order valence-electron chi connectivity index (χ4n) is 3.86. The highest BCUT2D eigenvalue weighted by Gasteiger charge is 2.21. The number of rotatable bonds is 7. The number of hydrogen-bond donors (Lipinski definition) is 1. The van der Waals surface area contributed by atoms with Gasteiger partial charge in [-0.2, -0.15) is 0 Å². The molecule has 1 aliphatic heterocycles. The fourth-order valence-corrected chi connectivity index (χ4v) is 3.86. The van der Waals surface area contributed by atoms with Crippen molar-refractivity contribution >= 4 is 16.9 Å². The molecule has 2 aromatic carbocycles. The summed E-state index contributed by atoms with van der Waals surface area (Å²) < 4.78 is 7.69. The molecular formula is C23H29N5O2. The Bertz CT molecular complexity index is 983. The molecule has 0 radical (unpaired) electrons. The van der Waals surface area contributed by atoms with Gasteiger partial charge < -0.3 is 10.1 Å². The van der Waals surface area contributed by atoms with Crippen LogP contribution in [-0.2, 0) is 11.3 Å². The summed E-state index contributed by atoms with van der Waals surface area (Å²) in [5.41, 5.74) is 3.60. The lowest BCUT2D eigenvalue weighted by Crippen LogP contribution is -2.48. The maximum Gasteiger partial charge on any atom is 0.251 e. The Morgan fingerprint density at radius 1 is 1.20 bits per heavy atom. The van der Waals surface area contributed by atoms with E-state index in [9.17, 15) is 4.79 Å². The molecule has 0 saturated carbocycles. The summed E-state index contributed by atoms with van der Waals surface area (Å²) in [5.74, 6) is 0.560. The van der Waals surface area contributed by atoms with E-state index in [4.69, 9.17) is 4.74 Å². The van der Waals surface area contributed by atoms with E-state index >= 15 is 0 Å². The number of aromatic nitrogens is 3. The summed E-state index contributed by atoms with van der Waals surface area (Å²) in [6, 6.07) is 15.5. The minimum Gasteiger partial charge on any atom is -0.374 e. The lowest BCUT2D eigenvalue weighted by Gasteiger charge is -2.33. The van der Waals surface area contributed by atoms with Gasteiger partial charge in [0.25, 0.3) is 5.91 Å². The smallest absolute Gasteiger partial charge is 0.251 e. The molecule has 7 nitrogen and oxygen atoms in total. The highest BCUT2D eigenvalue weighted by molar-refractivity contribution is 5.94. The van der Waals surface area contributed by atoms with E-state index in [-0.39, 0.29) is 12.0 Å². The summed E-state index contributed by atoms with van der Waals surface area (Å²) in [6.07, 6.45) is 0.0429. The van der Waals surface area contributed by atoms with Gasteiger partial charge in [0.05, 0.1) is 24.8 Å². The van der Waals surface area contributed by atoms with Gasteiger partial charge in [-0.1, -0.05) is 43.3 Å².